The lowest BCUT2D eigenvalue weighted by atomic mass is 9.84. The lowest BCUT2D eigenvalue weighted by Crippen LogP contribution is -2.47. The molecule has 1 aromatic rings. The normalized spacial score (nSPS) is 26.4. The SMILES string of the molecule is CC(C)(C)c1ccc(C2(C)NC(=O)N(CN(C3CCCC3)C3CC3)C2=O)cc1. The maximum absolute atomic E-state index is 13.3. The smallest absolute Gasteiger partial charge is 0.319 e. The standard InChI is InChI=1S/C23H33N3O2/c1-22(2,3)16-9-11-17(12-10-16)23(4)20(27)26(21(28)24-23)15-25(19-13-14-19)18-7-5-6-8-18/h9-12,18-19H,5-8,13-15H2,1-4H3,(H,24,28). The van der Waals surface area contributed by atoms with Crippen molar-refractivity contribution < 1.29 is 9.59 Å². The van der Waals surface area contributed by atoms with Crippen LogP contribution in [-0.2, 0) is 15.7 Å². The van der Waals surface area contributed by atoms with Gasteiger partial charge in [0.1, 0.15) is 5.54 Å². The second-order valence-corrected chi connectivity index (χ2v) is 9.94. The minimum Gasteiger partial charge on any atom is -0.319 e. The van der Waals surface area contributed by atoms with Gasteiger partial charge in [0.25, 0.3) is 5.91 Å². The summed E-state index contributed by atoms with van der Waals surface area (Å²) in [5.74, 6) is -0.135. The molecule has 3 aliphatic rings. The quantitative estimate of drug-likeness (QED) is 0.779. The predicted octanol–water partition coefficient (Wildman–Crippen LogP) is 4.12. The monoisotopic (exact) mass is 383 g/mol. The molecule has 1 N–H and O–H groups in total. The first-order chi connectivity index (χ1) is 13.2. The molecule has 0 bridgehead atoms. The second kappa shape index (κ2) is 6.87. The van der Waals surface area contributed by atoms with Crippen LogP contribution in [0.3, 0.4) is 0 Å². The molecule has 5 heteroatoms. The van der Waals surface area contributed by atoms with Crippen molar-refractivity contribution in [2.45, 2.75) is 89.3 Å². The summed E-state index contributed by atoms with van der Waals surface area (Å²) in [6, 6.07) is 8.90. The lowest BCUT2D eigenvalue weighted by molar-refractivity contribution is -0.133. The fraction of sp³-hybridized carbons (Fsp3) is 0.652. The molecule has 5 nitrogen and oxygen atoms in total. The van der Waals surface area contributed by atoms with Crippen molar-refractivity contribution in [3.63, 3.8) is 0 Å². The van der Waals surface area contributed by atoms with E-state index in [4.69, 9.17) is 0 Å². The molecule has 0 spiro atoms. The van der Waals surface area contributed by atoms with Crippen molar-refractivity contribution in [3.8, 4) is 0 Å². The third-order valence-electron chi connectivity index (χ3n) is 6.72. The average Bonchev–Trinajstić information content (AvgIpc) is 3.28. The van der Waals surface area contributed by atoms with Gasteiger partial charge in [-0.3, -0.25) is 9.69 Å². The number of hydrogen-bond donors (Lipinski definition) is 1. The van der Waals surface area contributed by atoms with Gasteiger partial charge in [0.15, 0.2) is 0 Å². The largest absolute Gasteiger partial charge is 0.326 e. The van der Waals surface area contributed by atoms with Gasteiger partial charge < -0.3 is 5.32 Å². The van der Waals surface area contributed by atoms with Crippen LogP contribution in [-0.4, -0.2) is 40.5 Å². The highest BCUT2D eigenvalue weighted by atomic mass is 16.2. The van der Waals surface area contributed by atoms with Crippen LogP contribution in [0.25, 0.3) is 0 Å². The number of hydrogen-bond acceptors (Lipinski definition) is 3. The molecule has 2 aliphatic carbocycles. The van der Waals surface area contributed by atoms with Crippen molar-refractivity contribution >= 4 is 11.9 Å². The zero-order valence-electron chi connectivity index (χ0n) is 17.6. The Morgan fingerprint density at radius 3 is 2.14 bits per heavy atom. The summed E-state index contributed by atoms with van der Waals surface area (Å²) in [7, 11) is 0. The molecule has 1 aliphatic heterocycles. The Morgan fingerprint density at radius 1 is 1.04 bits per heavy atom. The first kappa shape index (κ1) is 19.4. The van der Waals surface area contributed by atoms with Gasteiger partial charge in [0, 0.05) is 12.1 Å². The summed E-state index contributed by atoms with van der Waals surface area (Å²) < 4.78 is 0. The molecule has 1 saturated heterocycles. The van der Waals surface area contributed by atoms with Gasteiger partial charge in [-0.05, 0) is 49.1 Å². The molecule has 3 fully saturated rings. The van der Waals surface area contributed by atoms with E-state index in [2.05, 4.69) is 43.1 Å². The minimum atomic E-state index is -0.988. The van der Waals surface area contributed by atoms with E-state index in [0.717, 1.165) is 5.56 Å². The first-order valence-electron chi connectivity index (χ1n) is 10.7. The molecular weight excluding hydrogens is 350 g/mol. The molecule has 3 amide bonds. The summed E-state index contributed by atoms with van der Waals surface area (Å²) in [5, 5.41) is 2.97. The van der Waals surface area contributed by atoms with Crippen LogP contribution < -0.4 is 5.32 Å². The summed E-state index contributed by atoms with van der Waals surface area (Å²) >= 11 is 0. The van der Waals surface area contributed by atoms with Crippen LogP contribution in [0.15, 0.2) is 24.3 Å². The van der Waals surface area contributed by atoms with Crippen LogP contribution in [0.2, 0.25) is 0 Å². The van der Waals surface area contributed by atoms with Gasteiger partial charge >= 0.3 is 6.03 Å². The highest BCUT2D eigenvalue weighted by molar-refractivity contribution is 6.07. The predicted molar refractivity (Wildman–Crippen MR) is 110 cm³/mol. The van der Waals surface area contributed by atoms with Crippen LogP contribution in [0.4, 0.5) is 4.79 Å². The van der Waals surface area contributed by atoms with Gasteiger partial charge in [-0.25, -0.2) is 9.69 Å². The highest BCUT2D eigenvalue weighted by Crippen LogP contribution is 2.36. The zero-order valence-corrected chi connectivity index (χ0v) is 17.6. The summed E-state index contributed by atoms with van der Waals surface area (Å²) in [4.78, 5) is 29.9. The molecule has 152 valence electrons. The second-order valence-electron chi connectivity index (χ2n) is 9.94. The first-order valence-corrected chi connectivity index (χ1v) is 10.7. The number of rotatable bonds is 5. The van der Waals surface area contributed by atoms with Gasteiger partial charge in [0.2, 0.25) is 0 Å². The van der Waals surface area contributed by atoms with Crippen LogP contribution in [0, 0.1) is 0 Å². The molecule has 0 radical (unpaired) electrons. The van der Waals surface area contributed by atoms with Gasteiger partial charge in [-0.1, -0.05) is 57.9 Å². The Hall–Kier alpha value is -1.88. The summed E-state index contributed by atoms with van der Waals surface area (Å²) in [5.41, 5.74) is 1.13. The van der Waals surface area contributed by atoms with E-state index in [9.17, 15) is 9.59 Å². The lowest BCUT2D eigenvalue weighted by Gasteiger charge is -2.32. The maximum atomic E-state index is 13.3. The molecule has 1 heterocycles. The maximum Gasteiger partial charge on any atom is 0.326 e. The Morgan fingerprint density at radius 2 is 1.61 bits per heavy atom. The Kier molecular flexibility index (Phi) is 4.77. The van der Waals surface area contributed by atoms with E-state index >= 15 is 0 Å². The minimum absolute atomic E-state index is 0.0560. The number of benzene rings is 1. The number of imide groups is 1. The average molecular weight is 384 g/mol. The van der Waals surface area contributed by atoms with E-state index in [1.807, 2.05) is 19.1 Å². The topological polar surface area (TPSA) is 52.7 Å². The van der Waals surface area contributed by atoms with E-state index in [0.29, 0.717) is 18.8 Å². The number of amides is 3. The number of nitrogens with zero attached hydrogens (tertiary/aromatic N) is 2. The van der Waals surface area contributed by atoms with Gasteiger partial charge in [-0.15, -0.1) is 0 Å². The van der Waals surface area contributed by atoms with E-state index in [1.165, 1.54) is 49.0 Å². The van der Waals surface area contributed by atoms with Crippen LogP contribution >= 0.6 is 0 Å². The Labute approximate surface area is 168 Å². The molecule has 2 saturated carbocycles. The number of carbonyl (C=O) groups is 2. The molecule has 4 rings (SSSR count). The van der Waals surface area contributed by atoms with Crippen molar-refractivity contribution in [3.05, 3.63) is 35.4 Å². The third kappa shape index (κ3) is 3.45. The fourth-order valence-electron chi connectivity index (χ4n) is 4.66. The van der Waals surface area contributed by atoms with Crippen LogP contribution in [0.5, 0.6) is 0 Å². The highest BCUT2D eigenvalue weighted by Gasteiger charge is 2.50. The Balaban J connectivity index is 1.54. The van der Waals surface area contributed by atoms with Crippen molar-refractivity contribution in [2.24, 2.45) is 0 Å². The van der Waals surface area contributed by atoms with E-state index in [1.54, 1.807) is 0 Å². The molecular formula is C23H33N3O2. The third-order valence-corrected chi connectivity index (χ3v) is 6.72. The fourth-order valence-corrected chi connectivity index (χ4v) is 4.66. The van der Waals surface area contributed by atoms with Gasteiger partial charge in [0.05, 0.1) is 6.67 Å². The summed E-state index contributed by atoms with van der Waals surface area (Å²) in [6.07, 6.45) is 7.26. The Bertz CT molecular complexity index is 757. The van der Waals surface area contributed by atoms with Crippen molar-refractivity contribution in [1.29, 1.82) is 0 Å². The zero-order chi connectivity index (χ0) is 20.1. The van der Waals surface area contributed by atoms with Crippen molar-refractivity contribution in [2.75, 3.05) is 6.67 Å². The van der Waals surface area contributed by atoms with Crippen LogP contribution in [0.1, 0.15) is 77.3 Å². The molecule has 1 unspecified atom stereocenters. The number of urea groups is 1. The molecule has 28 heavy (non-hydrogen) atoms. The van der Waals surface area contributed by atoms with Gasteiger partial charge in [-0.2, -0.15) is 0 Å². The van der Waals surface area contributed by atoms with E-state index in [-0.39, 0.29) is 17.4 Å². The van der Waals surface area contributed by atoms with Crippen molar-refractivity contribution in [1.82, 2.24) is 15.1 Å². The summed E-state index contributed by atoms with van der Waals surface area (Å²) in [6.45, 7) is 8.77. The molecule has 1 atom stereocenters. The molecule has 0 aromatic heterocycles. The molecule has 1 aromatic carbocycles. The van der Waals surface area contributed by atoms with E-state index < -0.39 is 5.54 Å². The number of carbonyl (C=O) groups excluding carboxylic acids is 2. The number of nitrogens with one attached hydrogen (secondary N) is 1.